The maximum Gasteiger partial charge on any atom is 0.251 e. The Morgan fingerprint density at radius 2 is 1.41 bits per heavy atom. The highest BCUT2D eigenvalue weighted by Crippen LogP contribution is 2.36. The third-order valence-electron chi connectivity index (χ3n) is 3.98. The Kier molecular flexibility index (Phi) is 6.28. The Labute approximate surface area is 163 Å². The average molecular weight is 376 g/mol. The number of carbonyl (C=O) groups excluding carboxylic acids is 2. The molecule has 0 heterocycles. The van der Waals surface area contributed by atoms with E-state index in [0.717, 1.165) is 10.5 Å². The van der Waals surface area contributed by atoms with Gasteiger partial charge in [0, 0.05) is 23.2 Å². The van der Waals surface area contributed by atoms with Gasteiger partial charge in [0.25, 0.3) is 5.91 Å². The molecule has 0 fully saturated rings. The van der Waals surface area contributed by atoms with Crippen molar-refractivity contribution >= 4 is 29.3 Å². The summed E-state index contributed by atoms with van der Waals surface area (Å²) < 4.78 is 0. The number of benzene rings is 3. The zero-order valence-electron chi connectivity index (χ0n) is 14.9. The van der Waals surface area contributed by atoms with Crippen LogP contribution >= 0.6 is 11.8 Å². The summed E-state index contributed by atoms with van der Waals surface area (Å²) in [4.78, 5) is 25.6. The van der Waals surface area contributed by atoms with Gasteiger partial charge in [-0.05, 0) is 42.0 Å². The van der Waals surface area contributed by atoms with Gasteiger partial charge in [-0.25, -0.2) is 0 Å². The lowest BCUT2D eigenvalue weighted by Crippen LogP contribution is -2.20. The van der Waals surface area contributed by atoms with Crippen LogP contribution < -0.4 is 10.6 Å². The normalized spacial score (nSPS) is 11.4. The number of anilines is 1. The van der Waals surface area contributed by atoms with Crippen molar-refractivity contribution in [2.45, 2.75) is 10.1 Å². The Balaban J connectivity index is 1.79. The number of amides is 2. The molecule has 1 unspecified atom stereocenters. The molecule has 136 valence electrons. The van der Waals surface area contributed by atoms with Crippen LogP contribution in [0.4, 0.5) is 5.69 Å². The average Bonchev–Trinajstić information content (AvgIpc) is 2.73. The lowest BCUT2D eigenvalue weighted by atomic mass is 10.1. The van der Waals surface area contributed by atoms with Crippen LogP contribution in [0, 0.1) is 0 Å². The molecule has 0 radical (unpaired) electrons. The largest absolute Gasteiger partial charge is 0.355 e. The lowest BCUT2D eigenvalue weighted by molar-refractivity contribution is -0.115. The summed E-state index contributed by atoms with van der Waals surface area (Å²) >= 11 is 1.50. The van der Waals surface area contributed by atoms with E-state index in [0.29, 0.717) is 11.3 Å². The second kappa shape index (κ2) is 9.05. The van der Waals surface area contributed by atoms with Crippen molar-refractivity contribution in [3.8, 4) is 0 Å². The molecule has 5 heteroatoms. The van der Waals surface area contributed by atoms with Crippen LogP contribution in [0.25, 0.3) is 0 Å². The number of carbonyl (C=O) groups is 2. The van der Waals surface area contributed by atoms with Crippen molar-refractivity contribution in [2.75, 3.05) is 12.4 Å². The van der Waals surface area contributed by atoms with E-state index in [9.17, 15) is 9.59 Å². The molecule has 2 amide bonds. The number of nitrogens with one attached hydrogen (secondary N) is 2. The first-order valence-corrected chi connectivity index (χ1v) is 9.45. The van der Waals surface area contributed by atoms with Crippen molar-refractivity contribution in [1.29, 1.82) is 0 Å². The quantitative estimate of drug-likeness (QED) is 0.622. The molecule has 0 aliphatic rings. The predicted molar refractivity (Wildman–Crippen MR) is 110 cm³/mol. The second-order valence-electron chi connectivity index (χ2n) is 5.87. The number of hydrogen-bond acceptors (Lipinski definition) is 3. The predicted octanol–water partition coefficient (Wildman–Crippen LogP) is 4.52. The van der Waals surface area contributed by atoms with Crippen LogP contribution in [0.15, 0.2) is 89.8 Å². The van der Waals surface area contributed by atoms with E-state index in [4.69, 9.17) is 0 Å². The van der Waals surface area contributed by atoms with Gasteiger partial charge in [-0.3, -0.25) is 9.59 Å². The maximum atomic E-state index is 13.0. The molecule has 0 saturated heterocycles. The number of hydrogen-bond donors (Lipinski definition) is 2. The SMILES string of the molecule is CNC(=O)c1ccc(NC(=O)C(Sc2ccccc2)c2ccccc2)cc1. The Morgan fingerprint density at radius 3 is 2.00 bits per heavy atom. The van der Waals surface area contributed by atoms with Crippen molar-refractivity contribution in [3.05, 3.63) is 96.1 Å². The molecule has 0 aliphatic carbocycles. The van der Waals surface area contributed by atoms with Crippen LogP contribution in [-0.4, -0.2) is 18.9 Å². The molecule has 2 N–H and O–H groups in total. The summed E-state index contributed by atoms with van der Waals surface area (Å²) in [5, 5.41) is 5.15. The smallest absolute Gasteiger partial charge is 0.251 e. The fourth-order valence-corrected chi connectivity index (χ4v) is 3.64. The molecule has 3 aromatic carbocycles. The highest BCUT2D eigenvalue weighted by atomic mass is 32.2. The molecule has 3 rings (SSSR count). The van der Waals surface area contributed by atoms with Gasteiger partial charge < -0.3 is 10.6 Å². The molecular formula is C22H20N2O2S. The Bertz CT molecular complexity index is 897. The molecular weight excluding hydrogens is 356 g/mol. The fourth-order valence-electron chi connectivity index (χ4n) is 2.59. The van der Waals surface area contributed by atoms with Gasteiger partial charge in [-0.1, -0.05) is 48.5 Å². The molecule has 0 aromatic heterocycles. The molecule has 0 spiro atoms. The van der Waals surface area contributed by atoms with Crippen molar-refractivity contribution in [3.63, 3.8) is 0 Å². The summed E-state index contributed by atoms with van der Waals surface area (Å²) in [6.07, 6.45) is 0. The molecule has 0 saturated carbocycles. The van der Waals surface area contributed by atoms with Crippen LogP contribution in [0.3, 0.4) is 0 Å². The van der Waals surface area contributed by atoms with E-state index in [1.165, 1.54) is 11.8 Å². The second-order valence-corrected chi connectivity index (χ2v) is 7.05. The van der Waals surface area contributed by atoms with Gasteiger partial charge in [0.15, 0.2) is 0 Å². The minimum atomic E-state index is -0.382. The van der Waals surface area contributed by atoms with E-state index in [1.54, 1.807) is 31.3 Å². The summed E-state index contributed by atoms with van der Waals surface area (Å²) in [6.45, 7) is 0. The third kappa shape index (κ3) is 4.99. The first-order chi connectivity index (χ1) is 13.2. The molecule has 4 nitrogen and oxygen atoms in total. The number of rotatable bonds is 6. The summed E-state index contributed by atoms with van der Waals surface area (Å²) in [5.74, 6) is -0.266. The van der Waals surface area contributed by atoms with Crippen LogP contribution in [-0.2, 0) is 4.79 Å². The topological polar surface area (TPSA) is 58.2 Å². The third-order valence-corrected chi connectivity index (χ3v) is 5.25. The first kappa shape index (κ1) is 18.7. The molecule has 1 atom stereocenters. The zero-order chi connectivity index (χ0) is 19.1. The minimum Gasteiger partial charge on any atom is -0.355 e. The van der Waals surface area contributed by atoms with E-state index in [-0.39, 0.29) is 17.1 Å². The fraction of sp³-hybridized carbons (Fsp3) is 0.0909. The summed E-state index contributed by atoms with van der Waals surface area (Å²) in [6, 6.07) is 26.4. The highest BCUT2D eigenvalue weighted by molar-refractivity contribution is 8.00. The van der Waals surface area contributed by atoms with Gasteiger partial charge in [0.2, 0.25) is 5.91 Å². The van der Waals surface area contributed by atoms with E-state index in [2.05, 4.69) is 10.6 Å². The van der Waals surface area contributed by atoms with Gasteiger partial charge in [0.05, 0.1) is 0 Å². The first-order valence-electron chi connectivity index (χ1n) is 8.57. The maximum absolute atomic E-state index is 13.0. The number of thioether (sulfide) groups is 1. The summed E-state index contributed by atoms with van der Waals surface area (Å²) in [7, 11) is 1.59. The minimum absolute atomic E-state index is 0.109. The zero-order valence-corrected chi connectivity index (χ0v) is 15.7. The van der Waals surface area contributed by atoms with E-state index in [1.807, 2.05) is 60.7 Å². The van der Waals surface area contributed by atoms with Gasteiger partial charge in [-0.15, -0.1) is 11.8 Å². The lowest BCUT2D eigenvalue weighted by Gasteiger charge is -2.17. The van der Waals surface area contributed by atoms with E-state index < -0.39 is 0 Å². The van der Waals surface area contributed by atoms with Crippen LogP contribution in [0.5, 0.6) is 0 Å². The van der Waals surface area contributed by atoms with Crippen molar-refractivity contribution in [2.24, 2.45) is 0 Å². The molecule has 0 aliphatic heterocycles. The molecule has 0 bridgehead atoms. The molecule has 27 heavy (non-hydrogen) atoms. The highest BCUT2D eigenvalue weighted by Gasteiger charge is 2.22. The Morgan fingerprint density at radius 1 is 0.815 bits per heavy atom. The monoisotopic (exact) mass is 376 g/mol. The molecule has 3 aromatic rings. The van der Waals surface area contributed by atoms with Gasteiger partial charge in [0.1, 0.15) is 5.25 Å². The van der Waals surface area contributed by atoms with E-state index >= 15 is 0 Å². The van der Waals surface area contributed by atoms with Crippen LogP contribution in [0.2, 0.25) is 0 Å². The van der Waals surface area contributed by atoms with Crippen molar-refractivity contribution < 1.29 is 9.59 Å². The van der Waals surface area contributed by atoms with Crippen LogP contribution in [0.1, 0.15) is 21.2 Å². The summed E-state index contributed by atoms with van der Waals surface area (Å²) in [5.41, 5.74) is 2.14. The van der Waals surface area contributed by atoms with Gasteiger partial charge >= 0.3 is 0 Å². The van der Waals surface area contributed by atoms with Crippen molar-refractivity contribution in [1.82, 2.24) is 5.32 Å². The standard InChI is InChI=1S/C22H20N2O2S/c1-23-21(25)17-12-14-18(15-13-17)24-22(26)20(16-8-4-2-5-9-16)27-19-10-6-3-7-11-19/h2-15,20H,1H3,(H,23,25)(H,24,26). The Hall–Kier alpha value is -3.05. The van der Waals surface area contributed by atoms with Gasteiger partial charge in [-0.2, -0.15) is 0 Å².